The molecule has 0 aromatic rings. The van der Waals surface area contributed by atoms with Gasteiger partial charge in [0, 0.05) is 5.75 Å². The molecular weight excluding hydrogens is 148 g/mol. The van der Waals surface area contributed by atoms with E-state index in [1.54, 1.807) is 6.92 Å². The molecule has 0 atom stereocenters. The Labute approximate surface area is 62.5 Å². The van der Waals surface area contributed by atoms with Crippen LogP contribution in [0.3, 0.4) is 0 Å². The first kappa shape index (κ1) is 8.05. The van der Waals surface area contributed by atoms with Crippen molar-refractivity contribution in [2.45, 2.75) is 26.2 Å². The average Bonchev–Trinajstić information content (AvgIpc) is 1.80. The molecule has 0 amide bonds. The summed E-state index contributed by atoms with van der Waals surface area (Å²) in [6.45, 7) is 1.72. The lowest BCUT2D eigenvalue weighted by atomic mass is 9.87. The summed E-state index contributed by atoms with van der Waals surface area (Å²) in [4.78, 5) is 0. The van der Waals surface area contributed by atoms with Crippen LogP contribution in [0.25, 0.3) is 0 Å². The molecule has 0 spiro atoms. The molecule has 1 aliphatic rings. The lowest BCUT2D eigenvalue weighted by Crippen LogP contribution is -2.23. The van der Waals surface area contributed by atoms with Gasteiger partial charge in [-0.3, -0.25) is 0 Å². The summed E-state index contributed by atoms with van der Waals surface area (Å²) in [7, 11) is -2.68. The topological polar surface area (TPSA) is 34.1 Å². The molecular formula is C7H14O2S. The van der Waals surface area contributed by atoms with Crippen molar-refractivity contribution in [3.63, 3.8) is 0 Å². The number of hydrogen-bond acceptors (Lipinski definition) is 2. The first-order valence-corrected chi connectivity index (χ1v) is 5.66. The highest BCUT2D eigenvalue weighted by Gasteiger charge is 2.22. The van der Waals surface area contributed by atoms with Crippen LogP contribution in [0.15, 0.2) is 0 Å². The monoisotopic (exact) mass is 162 g/mol. The first-order chi connectivity index (χ1) is 4.64. The standard InChI is InChI=1S/C7H14O2S/c1-2-10(8,9)6-7-4-3-5-7/h7H,2-6H2,1H3. The maximum absolute atomic E-state index is 11.0. The van der Waals surface area contributed by atoms with Gasteiger partial charge in [-0.05, 0) is 18.8 Å². The van der Waals surface area contributed by atoms with E-state index in [0.717, 1.165) is 12.8 Å². The fraction of sp³-hybridized carbons (Fsp3) is 1.00. The van der Waals surface area contributed by atoms with Crippen molar-refractivity contribution in [1.29, 1.82) is 0 Å². The van der Waals surface area contributed by atoms with Crippen LogP contribution in [0.1, 0.15) is 26.2 Å². The predicted octanol–water partition coefficient (Wildman–Crippen LogP) is 1.22. The van der Waals surface area contributed by atoms with Crippen molar-refractivity contribution < 1.29 is 8.42 Å². The Balaban J connectivity index is 2.36. The molecule has 2 nitrogen and oxygen atoms in total. The summed E-state index contributed by atoms with van der Waals surface area (Å²) >= 11 is 0. The van der Waals surface area contributed by atoms with Gasteiger partial charge in [0.1, 0.15) is 9.84 Å². The second-order valence-electron chi connectivity index (χ2n) is 3.00. The van der Waals surface area contributed by atoms with Crippen LogP contribution in [0.2, 0.25) is 0 Å². The van der Waals surface area contributed by atoms with E-state index in [0.29, 0.717) is 17.4 Å². The third kappa shape index (κ3) is 1.97. The van der Waals surface area contributed by atoms with Crippen LogP contribution >= 0.6 is 0 Å². The van der Waals surface area contributed by atoms with Crippen molar-refractivity contribution in [3.8, 4) is 0 Å². The summed E-state index contributed by atoms with van der Waals surface area (Å²) in [5.74, 6) is 1.23. The Morgan fingerprint density at radius 3 is 2.30 bits per heavy atom. The Morgan fingerprint density at radius 1 is 1.40 bits per heavy atom. The highest BCUT2D eigenvalue weighted by Crippen LogP contribution is 2.27. The van der Waals surface area contributed by atoms with E-state index in [1.165, 1.54) is 6.42 Å². The zero-order chi connectivity index (χ0) is 7.61. The van der Waals surface area contributed by atoms with Crippen LogP contribution in [-0.4, -0.2) is 19.9 Å². The third-order valence-electron chi connectivity index (χ3n) is 2.15. The molecule has 1 aliphatic carbocycles. The fourth-order valence-corrected chi connectivity index (χ4v) is 2.42. The molecule has 0 saturated heterocycles. The van der Waals surface area contributed by atoms with E-state index in [4.69, 9.17) is 0 Å². The Morgan fingerprint density at radius 2 is 2.00 bits per heavy atom. The molecule has 10 heavy (non-hydrogen) atoms. The summed E-state index contributed by atoms with van der Waals surface area (Å²) in [6.07, 6.45) is 3.47. The Bertz CT molecular complexity index is 190. The molecule has 0 aliphatic heterocycles. The lowest BCUT2D eigenvalue weighted by molar-refractivity contribution is 0.347. The minimum absolute atomic E-state index is 0.309. The van der Waals surface area contributed by atoms with E-state index >= 15 is 0 Å². The molecule has 1 rings (SSSR count). The second kappa shape index (κ2) is 2.91. The van der Waals surface area contributed by atoms with Gasteiger partial charge in [-0.1, -0.05) is 13.3 Å². The van der Waals surface area contributed by atoms with Crippen LogP contribution in [0.4, 0.5) is 0 Å². The summed E-state index contributed by atoms with van der Waals surface area (Å²) in [5.41, 5.74) is 0. The number of rotatable bonds is 3. The van der Waals surface area contributed by atoms with Crippen molar-refractivity contribution in [2.75, 3.05) is 11.5 Å². The van der Waals surface area contributed by atoms with Gasteiger partial charge in [0.2, 0.25) is 0 Å². The maximum atomic E-state index is 11.0. The van der Waals surface area contributed by atoms with Crippen molar-refractivity contribution >= 4 is 9.84 Å². The highest BCUT2D eigenvalue weighted by atomic mass is 32.2. The van der Waals surface area contributed by atoms with E-state index in [-0.39, 0.29) is 0 Å². The smallest absolute Gasteiger partial charge is 0.150 e. The number of sulfone groups is 1. The van der Waals surface area contributed by atoms with Crippen LogP contribution in [-0.2, 0) is 9.84 Å². The molecule has 0 bridgehead atoms. The van der Waals surface area contributed by atoms with Gasteiger partial charge >= 0.3 is 0 Å². The molecule has 0 heterocycles. The largest absolute Gasteiger partial charge is 0.229 e. The SMILES string of the molecule is CCS(=O)(=O)CC1CCC1. The van der Waals surface area contributed by atoms with Gasteiger partial charge in [0.05, 0.1) is 5.75 Å². The van der Waals surface area contributed by atoms with Gasteiger partial charge < -0.3 is 0 Å². The quantitative estimate of drug-likeness (QED) is 0.625. The molecule has 0 N–H and O–H groups in total. The number of hydrogen-bond donors (Lipinski definition) is 0. The molecule has 0 radical (unpaired) electrons. The summed E-state index contributed by atoms with van der Waals surface area (Å²) < 4.78 is 22.0. The Kier molecular flexibility index (Phi) is 2.34. The van der Waals surface area contributed by atoms with Crippen molar-refractivity contribution in [2.24, 2.45) is 5.92 Å². The fourth-order valence-electron chi connectivity index (χ4n) is 1.14. The van der Waals surface area contributed by atoms with Crippen molar-refractivity contribution in [1.82, 2.24) is 0 Å². The summed E-state index contributed by atoms with van der Waals surface area (Å²) in [5, 5.41) is 0. The van der Waals surface area contributed by atoms with Crippen LogP contribution in [0.5, 0.6) is 0 Å². The predicted molar refractivity (Wildman–Crippen MR) is 41.7 cm³/mol. The minimum atomic E-state index is -2.68. The molecule has 0 unspecified atom stereocenters. The highest BCUT2D eigenvalue weighted by molar-refractivity contribution is 7.91. The van der Waals surface area contributed by atoms with E-state index in [2.05, 4.69) is 0 Å². The van der Waals surface area contributed by atoms with Gasteiger partial charge in [0.25, 0.3) is 0 Å². The van der Waals surface area contributed by atoms with Gasteiger partial charge in [-0.15, -0.1) is 0 Å². The molecule has 3 heteroatoms. The lowest BCUT2D eigenvalue weighted by Gasteiger charge is -2.24. The second-order valence-corrected chi connectivity index (χ2v) is 5.39. The Hall–Kier alpha value is -0.0500. The van der Waals surface area contributed by atoms with E-state index in [1.807, 2.05) is 0 Å². The van der Waals surface area contributed by atoms with E-state index in [9.17, 15) is 8.42 Å². The zero-order valence-electron chi connectivity index (χ0n) is 6.34. The van der Waals surface area contributed by atoms with E-state index < -0.39 is 9.84 Å². The van der Waals surface area contributed by atoms with Crippen LogP contribution in [0, 0.1) is 5.92 Å². The van der Waals surface area contributed by atoms with Gasteiger partial charge in [-0.25, -0.2) is 8.42 Å². The molecule has 1 fully saturated rings. The van der Waals surface area contributed by atoms with Gasteiger partial charge in [-0.2, -0.15) is 0 Å². The van der Waals surface area contributed by atoms with Crippen LogP contribution < -0.4 is 0 Å². The molecule has 60 valence electrons. The molecule has 0 aromatic carbocycles. The summed E-state index contributed by atoms with van der Waals surface area (Å²) in [6, 6.07) is 0. The zero-order valence-corrected chi connectivity index (χ0v) is 7.15. The molecule has 1 saturated carbocycles. The third-order valence-corrected chi connectivity index (χ3v) is 4.01. The minimum Gasteiger partial charge on any atom is -0.229 e. The van der Waals surface area contributed by atoms with Crippen molar-refractivity contribution in [3.05, 3.63) is 0 Å². The maximum Gasteiger partial charge on any atom is 0.150 e. The average molecular weight is 162 g/mol. The van der Waals surface area contributed by atoms with Gasteiger partial charge in [0.15, 0.2) is 0 Å². The molecule has 0 aromatic heterocycles. The first-order valence-electron chi connectivity index (χ1n) is 3.84. The normalized spacial score (nSPS) is 20.5.